The van der Waals surface area contributed by atoms with Crippen molar-refractivity contribution in [3.8, 4) is 28.6 Å². The van der Waals surface area contributed by atoms with Crippen LogP contribution in [0.15, 0.2) is 41.6 Å². The first kappa shape index (κ1) is 18.0. The number of methoxy groups -OCH3 is 1. The average Bonchev–Trinajstić information content (AvgIpc) is 3.07. The molecule has 0 N–H and O–H groups in total. The molecule has 0 radical (unpaired) electrons. The Labute approximate surface area is 166 Å². The van der Waals surface area contributed by atoms with Crippen molar-refractivity contribution in [2.75, 3.05) is 20.3 Å². The van der Waals surface area contributed by atoms with Gasteiger partial charge in [0.2, 0.25) is 0 Å². The Balaban J connectivity index is 1.51. The number of halogens is 1. The SMILES string of the molecule is COc1ccc(-c2nnc(SCc3cc(Cl)c4c(c3)OCCO4)n2C)cc1. The lowest BCUT2D eigenvalue weighted by Gasteiger charge is -2.20. The quantitative estimate of drug-likeness (QED) is 0.595. The van der Waals surface area contributed by atoms with Gasteiger partial charge in [-0.05, 0) is 42.0 Å². The van der Waals surface area contributed by atoms with E-state index in [-0.39, 0.29) is 0 Å². The number of thioether (sulfide) groups is 1. The third-order valence-corrected chi connectivity index (χ3v) is 5.58. The fraction of sp³-hybridized carbons (Fsp3) is 0.263. The van der Waals surface area contributed by atoms with Crippen LogP contribution in [-0.2, 0) is 12.8 Å². The molecule has 0 fully saturated rings. The molecule has 0 saturated carbocycles. The summed E-state index contributed by atoms with van der Waals surface area (Å²) in [7, 11) is 3.61. The molecule has 0 unspecified atom stereocenters. The second-order valence-corrected chi connectivity index (χ2v) is 7.33. The van der Waals surface area contributed by atoms with Crippen molar-refractivity contribution in [1.82, 2.24) is 14.8 Å². The smallest absolute Gasteiger partial charge is 0.191 e. The Hall–Kier alpha value is -2.38. The van der Waals surface area contributed by atoms with Crippen LogP contribution in [0.1, 0.15) is 5.56 Å². The van der Waals surface area contributed by atoms with Gasteiger partial charge in [0.1, 0.15) is 19.0 Å². The van der Waals surface area contributed by atoms with E-state index in [1.54, 1.807) is 18.9 Å². The van der Waals surface area contributed by atoms with Crippen LogP contribution in [0.3, 0.4) is 0 Å². The summed E-state index contributed by atoms with van der Waals surface area (Å²) >= 11 is 7.90. The van der Waals surface area contributed by atoms with Crippen LogP contribution >= 0.6 is 23.4 Å². The Kier molecular flexibility index (Phi) is 5.13. The van der Waals surface area contributed by atoms with Crippen molar-refractivity contribution in [3.63, 3.8) is 0 Å². The third kappa shape index (κ3) is 3.70. The van der Waals surface area contributed by atoms with E-state index in [4.69, 9.17) is 25.8 Å². The zero-order chi connectivity index (χ0) is 18.8. The van der Waals surface area contributed by atoms with Crippen molar-refractivity contribution >= 4 is 23.4 Å². The standard InChI is InChI=1S/C19H18ClN3O3S/c1-23-18(13-3-5-14(24-2)6-4-13)21-22-19(23)27-11-12-9-15(20)17-16(10-12)25-7-8-26-17/h3-6,9-10H,7-8,11H2,1-2H3. The largest absolute Gasteiger partial charge is 0.497 e. The van der Waals surface area contributed by atoms with Gasteiger partial charge in [0, 0.05) is 18.4 Å². The number of ether oxygens (including phenoxy) is 3. The van der Waals surface area contributed by atoms with Crippen molar-refractivity contribution in [2.45, 2.75) is 10.9 Å². The lowest BCUT2D eigenvalue weighted by molar-refractivity contribution is 0.171. The summed E-state index contributed by atoms with van der Waals surface area (Å²) < 4.78 is 18.4. The Morgan fingerprint density at radius 2 is 1.93 bits per heavy atom. The van der Waals surface area contributed by atoms with Crippen molar-refractivity contribution < 1.29 is 14.2 Å². The molecule has 140 valence electrons. The molecule has 1 aliphatic rings. The van der Waals surface area contributed by atoms with E-state index in [1.807, 2.05) is 48.0 Å². The van der Waals surface area contributed by atoms with Crippen LogP contribution in [0.5, 0.6) is 17.2 Å². The fourth-order valence-corrected chi connectivity index (χ4v) is 3.96. The van der Waals surface area contributed by atoms with Crippen LogP contribution in [0.25, 0.3) is 11.4 Å². The highest BCUT2D eigenvalue weighted by Crippen LogP contribution is 2.39. The van der Waals surface area contributed by atoms with Gasteiger partial charge in [-0.25, -0.2) is 0 Å². The summed E-state index contributed by atoms with van der Waals surface area (Å²) in [5.74, 6) is 3.63. The zero-order valence-electron chi connectivity index (χ0n) is 14.9. The summed E-state index contributed by atoms with van der Waals surface area (Å²) in [6, 6.07) is 11.6. The first-order valence-electron chi connectivity index (χ1n) is 8.40. The Bertz CT molecular complexity index is 960. The Morgan fingerprint density at radius 3 is 2.70 bits per heavy atom. The molecule has 1 aliphatic heterocycles. The van der Waals surface area contributed by atoms with Gasteiger partial charge < -0.3 is 18.8 Å². The normalized spacial score (nSPS) is 12.9. The molecule has 27 heavy (non-hydrogen) atoms. The van der Waals surface area contributed by atoms with Gasteiger partial charge in [-0.3, -0.25) is 0 Å². The first-order chi connectivity index (χ1) is 13.2. The van der Waals surface area contributed by atoms with Crippen molar-refractivity contribution in [2.24, 2.45) is 7.05 Å². The zero-order valence-corrected chi connectivity index (χ0v) is 16.5. The van der Waals surface area contributed by atoms with Crippen molar-refractivity contribution in [1.29, 1.82) is 0 Å². The highest BCUT2D eigenvalue weighted by atomic mass is 35.5. The Morgan fingerprint density at radius 1 is 1.15 bits per heavy atom. The third-order valence-electron chi connectivity index (χ3n) is 4.21. The van der Waals surface area contributed by atoms with E-state index >= 15 is 0 Å². The molecule has 0 spiro atoms. The molecule has 0 aliphatic carbocycles. The minimum absolute atomic E-state index is 0.522. The molecule has 2 heterocycles. The van der Waals surface area contributed by atoms with Crippen LogP contribution in [-0.4, -0.2) is 35.1 Å². The molecule has 6 nitrogen and oxygen atoms in total. The van der Waals surface area contributed by atoms with E-state index in [0.717, 1.165) is 27.9 Å². The lowest BCUT2D eigenvalue weighted by Crippen LogP contribution is -2.15. The molecule has 3 aromatic rings. The second kappa shape index (κ2) is 7.70. The molecule has 4 rings (SSSR count). The highest BCUT2D eigenvalue weighted by molar-refractivity contribution is 7.98. The average molecular weight is 404 g/mol. The van der Waals surface area contributed by atoms with E-state index in [9.17, 15) is 0 Å². The van der Waals surface area contributed by atoms with Gasteiger partial charge in [-0.1, -0.05) is 23.4 Å². The van der Waals surface area contributed by atoms with Crippen molar-refractivity contribution in [3.05, 3.63) is 47.0 Å². The minimum atomic E-state index is 0.522. The maximum absolute atomic E-state index is 6.31. The maximum atomic E-state index is 6.31. The van der Waals surface area contributed by atoms with Crippen LogP contribution in [0, 0.1) is 0 Å². The molecule has 0 bridgehead atoms. The fourth-order valence-electron chi connectivity index (χ4n) is 2.83. The molecule has 0 saturated heterocycles. The summed E-state index contributed by atoms with van der Waals surface area (Å²) in [5, 5.41) is 10.0. The van der Waals surface area contributed by atoms with Crippen LogP contribution in [0.2, 0.25) is 5.02 Å². The van der Waals surface area contributed by atoms with Crippen LogP contribution in [0.4, 0.5) is 0 Å². The number of nitrogens with zero attached hydrogens (tertiary/aromatic N) is 3. The predicted octanol–water partition coefficient (Wildman–Crippen LogP) is 4.21. The van der Waals surface area contributed by atoms with E-state index in [1.165, 1.54) is 0 Å². The van der Waals surface area contributed by atoms with Gasteiger partial charge >= 0.3 is 0 Å². The lowest BCUT2D eigenvalue weighted by atomic mass is 10.2. The molecule has 1 aromatic heterocycles. The summed E-state index contributed by atoms with van der Waals surface area (Å²) in [5.41, 5.74) is 2.03. The first-order valence-corrected chi connectivity index (χ1v) is 9.76. The van der Waals surface area contributed by atoms with Gasteiger partial charge in [0.15, 0.2) is 22.5 Å². The predicted molar refractivity (Wildman–Crippen MR) is 105 cm³/mol. The van der Waals surface area contributed by atoms with Gasteiger partial charge in [-0.15, -0.1) is 10.2 Å². The molecule has 0 atom stereocenters. The number of fused-ring (bicyclic) bond motifs is 1. The summed E-state index contributed by atoms with van der Waals surface area (Å²) in [4.78, 5) is 0. The van der Waals surface area contributed by atoms with E-state index < -0.39 is 0 Å². The summed E-state index contributed by atoms with van der Waals surface area (Å²) in [6.07, 6.45) is 0. The molecule has 2 aromatic carbocycles. The number of hydrogen-bond donors (Lipinski definition) is 0. The van der Waals surface area contributed by atoms with Gasteiger partial charge in [0.05, 0.1) is 12.1 Å². The second-order valence-electron chi connectivity index (χ2n) is 5.98. The number of aromatic nitrogens is 3. The molecule has 8 heteroatoms. The van der Waals surface area contributed by atoms with E-state index in [0.29, 0.717) is 35.5 Å². The van der Waals surface area contributed by atoms with Gasteiger partial charge in [-0.2, -0.15) is 0 Å². The number of benzene rings is 2. The van der Waals surface area contributed by atoms with Crippen LogP contribution < -0.4 is 14.2 Å². The number of rotatable bonds is 5. The van der Waals surface area contributed by atoms with Gasteiger partial charge in [0.25, 0.3) is 0 Å². The summed E-state index contributed by atoms with van der Waals surface area (Å²) in [6.45, 7) is 1.06. The topological polar surface area (TPSA) is 58.4 Å². The minimum Gasteiger partial charge on any atom is -0.497 e. The maximum Gasteiger partial charge on any atom is 0.191 e. The monoisotopic (exact) mass is 403 g/mol. The highest BCUT2D eigenvalue weighted by Gasteiger charge is 2.17. The molecular weight excluding hydrogens is 386 g/mol. The number of hydrogen-bond acceptors (Lipinski definition) is 6. The van der Waals surface area contributed by atoms with E-state index in [2.05, 4.69) is 10.2 Å². The molecular formula is C19H18ClN3O3S. The molecule has 0 amide bonds.